The van der Waals surface area contributed by atoms with Crippen molar-refractivity contribution in [2.45, 2.75) is 25.3 Å². The van der Waals surface area contributed by atoms with E-state index in [1.165, 1.54) is 60.5 Å². The summed E-state index contributed by atoms with van der Waals surface area (Å²) in [6.45, 7) is 4.29. The number of hydrogen-bond acceptors (Lipinski definition) is 5. The summed E-state index contributed by atoms with van der Waals surface area (Å²) in [5.41, 5.74) is 0.447. The molecule has 0 fully saturated rings. The Labute approximate surface area is 193 Å². The standard InChI is InChI=1S/C25H26FNO5S/c1-18(2)16-27(25(28)22-9-5-6-10-23(22)26)17-19-8-4-7-11-24(19)32-33(29,30)21-14-12-20(31-3)13-15-21/h4-15,18H,16-17H2,1-3H3. The van der Waals surface area contributed by atoms with Crippen LogP contribution in [0.5, 0.6) is 11.5 Å². The van der Waals surface area contributed by atoms with E-state index in [0.717, 1.165) is 0 Å². The van der Waals surface area contributed by atoms with E-state index in [4.69, 9.17) is 8.92 Å². The van der Waals surface area contributed by atoms with E-state index in [2.05, 4.69) is 0 Å². The maximum Gasteiger partial charge on any atom is 0.339 e. The lowest BCUT2D eigenvalue weighted by molar-refractivity contribution is 0.0717. The van der Waals surface area contributed by atoms with Crippen molar-refractivity contribution in [2.75, 3.05) is 13.7 Å². The van der Waals surface area contributed by atoms with Crippen molar-refractivity contribution in [1.82, 2.24) is 4.90 Å². The van der Waals surface area contributed by atoms with E-state index < -0.39 is 21.8 Å². The SMILES string of the molecule is COc1ccc(S(=O)(=O)Oc2ccccc2CN(CC(C)C)C(=O)c2ccccc2F)cc1. The highest BCUT2D eigenvalue weighted by molar-refractivity contribution is 7.87. The highest BCUT2D eigenvalue weighted by atomic mass is 32.2. The molecule has 0 spiro atoms. The number of carbonyl (C=O) groups is 1. The highest BCUT2D eigenvalue weighted by Gasteiger charge is 2.23. The van der Waals surface area contributed by atoms with Gasteiger partial charge in [0.15, 0.2) is 0 Å². The van der Waals surface area contributed by atoms with E-state index in [0.29, 0.717) is 17.9 Å². The maximum absolute atomic E-state index is 14.3. The van der Waals surface area contributed by atoms with Crippen molar-refractivity contribution in [3.05, 3.63) is 89.7 Å². The quantitative estimate of drug-likeness (QED) is 0.415. The Morgan fingerprint density at radius 3 is 2.24 bits per heavy atom. The average Bonchev–Trinajstić information content (AvgIpc) is 2.79. The molecule has 0 aliphatic carbocycles. The van der Waals surface area contributed by atoms with Crippen LogP contribution in [-0.2, 0) is 16.7 Å². The minimum atomic E-state index is -4.12. The molecule has 0 radical (unpaired) electrons. The Bertz CT molecular complexity index is 1210. The number of hydrogen-bond donors (Lipinski definition) is 0. The summed E-state index contributed by atoms with van der Waals surface area (Å²) in [4.78, 5) is 14.6. The van der Waals surface area contributed by atoms with Crippen molar-refractivity contribution < 1.29 is 26.5 Å². The number of rotatable bonds is 9. The summed E-state index contributed by atoms with van der Waals surface area (Å²) in [6.07, 6.45) is 0. The molecule has 0 heterocycles. The van der Waals surface area contributed by atoms with E-state index in [1.807, 2.05) is 13.8 Å². The van der Waals surface area contributed by atoms with Gasteiger partial charge >= 0.3 is 10.1 Å². The first-order valence-electron chi connectivity index (χ1n) is 10.4. The van der Waals surface area contributed by atoms with E-state index in [-0.39, 0.29) is 28.7 Å². The number of para-hydroxylation sites is 1. The van der Waals surface area contributed by atoms with Gasteiger partial charge in [-0.1, -0.05) is 44.2 Å². The summed E-state index contributed by atoms with van der Waals surface area (Å²) in [5, 5.41) is 0. The molecular formula is C25H26FNO5S. The number of amides is 1. The van der Waals surface area contributed by atoms with Crippen LogP contribution in [-0.4, -0.2) is 32.9 Å². The third-order valence-electron chi connectivity index (χ3n) is 4.86. The molecule has 0 aliphatic rings. The minimum Gasteiger partial charge on any atom is -0.497 e. The first-order chi connectivity index (χ1) is 15.7. The molecule has 3 aromatic rings. The topological polar surface area (TPSA) is 72.9 Å². The predicted octanol–water partition coefficient (Wildman–Crippen LogP) is 4.90. The predicted molar refractivity (Wildman–Crippen MR) is 123 cm³/mol. The average molecular weight is 472 g/mol. The van der Waals surface area contributed by atoms with Gasteiger partial charge in [0.2, 0.25) is 0 Å². The molecule has 8 heteroatoms. The van der Waals surface area contributed by atoms with Gasteiger partial charge < -0.3 is 13.8 Å². The third-order valence-corrected chi connectivity index (χ3v) is 6.11. The molecule has 0 N–H and O–H groups in total. The van der Waals surface area contributed by atoms with Crippen LogP contribution < -0.4 is 8.92 Å². The third kappa shape index (κ3) is 6.10. The molecule has 33 heavy (non-hydrogen) atoms. The van der Waals surface area contributed by atoms with Crippen LogP contribution in [0.2, 0.25) is 0 Å². The van der Waals surface area contributed by atoms with E-state index >= 15 is 0 Å². The van der Waals surface area contributed by atoms with Crippen molar-refractivity contribution in [3.63, 3.8) is 0 Å². The lowest BCUT2D eigenvalue weighted by Gasteiger charge is -2.26. The molecule has 6 nitrogen and oxygen atoms in total. The van der Waals surface area contributed by atoms with Crippen molar-refractivity contribution >= 4 is 16.0 Å². The molecular weight excluding hydrogens is 445 g/mol. The summed E-state index contributed by atoms with van der Waals surface area (Å²) in [5.74, 6) is -0.358. The van der Waals surface area contributed by atoms with Crippen LogP contribution in [0.4, 0.5) is 4.39 Å². The van der Waals surface area contributed by atoms with Crippen LogP contribution in [0, 0.1) is 11.7 Å². The van der Waals surface area contributed by atoms with Gasteiger partial charge in [-0.05, 0) is 48.4 Å². The summed E-state index contributed by atoms with van der Waals surface area (Å²) in [6, 6.07) is 18.2. The lowest BCUT2D eigenvalue weighted by atomic mass is 10.1. The van der Waals surface area contributed by atoms with Crippen LogP contribution in [0.15, 0.2) is 77.7 Å². The molecule has 3 aromatic carbocycles. The van der Waals surface area contributed by atoms with Gasteiger partial charge in [0.25, 0.3) is 5.91 Å². The number of nitrogens with zero attached hydrogens (tertiary/aromatic N) is 1. The largest absolute Gasteiger partial charge is 0.497 e. The second-order valence-electron chi connectivity index (χ2n) is 7.88. The molecule has 3 rings (SSSR count). The fourth-order valence-electron chi connectivity index (χ4n) is 3.30. The second kappa shape index (κ2) is 10.5. The first-order valence-corrected chi connectivity index (χ1v) is 11.8. The molecule has 0 saturated heterocycles. The number of methoxy groups -OCH3 is 1. The summed E-state index contributed by atoms with van der Waals surface area (Å²) < 4.78 is 50.4. The molecule has 0 atom stereocenters. The number of benzene rings is 3. The highest BCUT2D eigenvalue weighted by Crippen LogP contribution is 2.26. The smallest absolute Gasteiger partial charge is 0.339 e. The van der Waals surface area contributed by atoms with E-state index in [9.17, 15) is 17.6 Å². The monoisotopic (exact) mass is 471 g/mol. The van der Waals surface area contributed by atoms with Gasteiger partial charge in [-0.15, -0.1) is 0 Å². The van der Waals surface area contributed by atoms with Crippen LogP contribution in [0.25, 0.3) is 0 Å². The fraction of sp³-hybridized carbons (Fsp3) is 0.240. The number of halogens is 1. The molecule has 0 saturated carbocycles. The molecule has 0 aliphatic heterocycles. The van der Waals surface area contributed by atoms with Crippen molar-refractivity contribution in [1.29, 1.82) is 0 Å². The van der Waals surface area contributed by atoms with Crippen LogP contribution in [0.3, 0.4) is 0 Å². The van der Waals surface area contributed by atoms with E-state index in [1.54, 1.807) is 24.3 Å². The minimum absolute atomic E-state index is 0.0282. The molecule has 0 bridgehead atoms. The van der Waals surface area contributed by atoms with Gasteiger partial charge in [0.05, 0.1) is 12.7 Å². The van der Waals surface area contributed by atoms with Crippen LogP contribution >= 0.6 is 0 Å². The lowest BCUT2D eigenvalue weighted by Crippen LogP contribution is -2.34. The number of carbonyl (C=O) groups excluding carboxylic acids is 1. The molecule has 1 amide bonds. The summed E-state index contributed by atoms with van der Waals surface area (Å²) >= 11 is 0. The fourth-order valence-corrected chi connectivity index (χ4v) is 4.26. The molecule has 0 unspecified atom stereocenters. The zero-order chi connectivity index (χ0) is 24.0. The Morgan fingerprint density at radius 1 is 0.970 bits per heavy atom. The Hall–Kier alpha value is -3.39. The first kappa shape index (κ1) is 24.3. The summed E-state index contributed by atoms with van der Waals surface area (Å²) in [7, 11) is -2.63. The van der Waals surface area contributed by atoms with Crippen LogP contribution in [0.1, 0.15) is 29.8 Å². The maximum atomic E-state index is 14.3. The zero-order valence-corrected chi connectivity index (χ0v) is 19.5. The van der Waals surface area contributed by atoms with Gasteiger partial charge in [-0.2, -0.15) is 8.42 Å². The van der Waals surface area contributed by atoms with Crippen molar-refractivity contribution in [2.24, 2.45) is 5.92 Å². The van der Waals surface area contributed by atoms with Crippen molar-refractivity contribution in [3.8, 4) is 11.5 Å². The zero-order valence-electron chi connectivity index (χ0n) is 18.7. The van der Waals surface area contributed by atoms with Gasteiger partial charge in [-0.25, -0.2) is 4.39 Å². The second-order valence-corrected chi connectivity index (χ2v) is 9.43. The normalized spacial score (nSPS) is 11.3. The Kier molecular flexibility index (Phi) is 7.71. The van der Waals surface area contributed by atoms with Gasteiger partial charge in [-0.3, -0.25) is 4.79 Å². The Morgan fingerprint density at radius 2 is 1.61 bits per heavy atom. The Balaban J connectivity index is 1.89. The number of ether oxygens (including phenoxy) is 1. The van der Waals surface area contributed by atoms with Gasteiger partial charge in [0, 0.05) is 18.7 Å². The molecule has 0 aromatic heterocycles. The molecule has 174 valence electrons. The van der Waals surface area contributed by atoms with Gasteiger partial charge in [0.1, 0.15) is 22.2 Å².